The van der Waals surface area contributed by atoms with Gasteiger partial charge in [0.15, 0.2) is 0 Å². The molecule has 26 heavy (non-hydrogen) atoms. The lowest BCUT2D eigenvalue weighted by Gasteiger charge is -2.29. The number of ether oxygens (including phenoxy) is 2. The molecule has 3 rings (SSSR count). The van der Waals surface area contributed by atoms with Gasteiger partial charge in [0.1, 0.15) is 23.1 Å². The van der Waals surface area contributed by atoms with Crippen molar-refractivity contribution in [1.82, 2.24) is 0 Å². The van der Waals surface area contributed by atoms with Crippen LogP contribution in [-0.2, 0) is 0 Å². The molecular weight excluding hydrogens is 326 g/mol. The molecule has 5 heteroatoms. The molecule has 2 aromatic rings. The summed E-state index contributed by atoms with van der Waals surface area (Å²) in [4.78, 5) is 2.24. The fraction of sp³-hybridized carbons (Fsp3) is 0.286. The molecule has 0 saturated carbocycles. The third-order valence-corrected chi connectivity index (χ3v) is 4.78. The highest BCUT2D eigenvalue weighted by atomic mass is 16.5. The van der Waals surface area contributed by atoms with E-state index in [0.717, 1.165) is 35.7 Å². The van der Waals surface area contributed by atoms with Gasteiger partial charge in [-0.25, -0.2) is 0 Å². The summed E-state index contributed by atoms with van der Waals surface area (Å²) in [6.45, 7) is 6.03. The number of nitrogens with zero attached hydrogens (tertiary/aromatic N) is 2. The van der Waals surface area contributed by atoms with E-state index in [4.69, 9.17) is 15.2 Å². The monoisotopic (exact) mass is 349 g/mol. The number of methoxy groups -OCH3 is 1. The number of benzene rings is 2. The molecule has 0 saturated heterocycles. The van der Waals surface area contributed by atoms with E-state index in [1.54, 1.807) is 7.11 Å². The third-order valence-electron chi connectivity index (χ3n) is 4.78. The van der Waals surface area contributed by atoms with Crippen molar-refractivity contribution >= 4 is 5.69 Å². The minimum Gasteiger partial charge on any atom is -0.496 e. The Bertz CT molecular complexity index is 879. The molecular formula is C21H23N3O2. The van der Waals surface area contributed by atoms with Crippen LogP contribution in [0.2, 0.25) is 0 Å². The van der Waals surface area contributed by atoms with Gasteiger partial charge in [0.25, 0.3) is 0 Å². The zero-order valence-electron chi connectivity index (χ0n) is 15.3. The molecule has 2 N–H and O–H groups in total. The number of fused-ring (bicyclic) bond motifs is 1. The number of nitrogens with two attached hydrogens (primary N) is 1. The normalized spacial score (nSPS) is 15.7. The second-order valence-corrected chi connectivity index (χ2v) is 6.06. The van der Waals surface area contributed by atoms with Crippen LogP contribution < -0.4 is 20.1 Å². The van der Waals surface area contributed by atoms with E-state index in [-0.39, 0.29) is 11.8 Å². The highest BCUT2D eigenvalue weighted by Crippen LogP contribution is 2.45. The Hall–Kier alpha value is -3.13. The first-order chi connectivity index (χ1) is 12.6. The van der Waals surface area contributed by atoms with Crippen LogP contribution in [0.1, 0.15) is 30.9 Å². The lowest BCUT2D eigenvalue weighted by Crippen LogP contribution is -2.24. The summed E-state index contributed by atoms with van der Waals surface area (Å²) in [5, 5.41) is 9.68. The van der Waals surface area contributed by atoms with Crippen molar-refractivity contribution in [2.45, 2.75) is 19.8 Å². The van der Waals surface area contributed by atoms with E-state index in [1.165, 1.54) is 0 Å². The van der Waals surface area contributed by atoms with Gasteiger partial charge in [-0.15, -0.1) is 0 Å². The first-order valence-corrected chi connectivity index (χ1v) is 8.73. The molecule has 5 nitrogen and oxygen atoms in total. The van der Waals surface area contributed by atoms with Gasteiger partial charge in [-0.2, -0.15) is 5.26 Å². The average Bonchev–Trinajstić information content (AvgIpc) is 2.67. The molecule has 1 aliphatic rings. The molecule has 0 radical (unpaired) electrons. The lowest BCUT2D eigenvalue weighted by molar-refractivity contribution is 0.387. The van der Waals surface area contributed by atoms with Crippen molar-refractivity contribution in [1.29, 1.82) is 5.26 Å². The molecule has 0 bridgehead atoms. The van der Waals surface area contributed by atoms with E-state index >= 15 is 0 Å². The van der Waals surface area contributed by atoms with E-state index < -0.39 is 0 Å². The number of para-hydroxylation sites is 1. The standard InChI is InChI=1S/C21H23N3O2/c1-4-24(5-2)14-10-11-16-19(12-14)26-21(23)17(13-22)20(16)15-8-6-7-9-18(15)25-3/h6-12,20H,4-5,23H2,1-3H3/t20-/m1/s1. The van der Waals surface area contributed by atoms with Crippen molar-refractivity contribution in [3.63, 3.8) is 0 Å². The summed E-state index contributed by atoms with van der Waals surface area (Å²) in [6.07, 6.45) is 0. The fourth-order valence-corrected chi connectivity index (χ4v) is 3.45. The van der Waals surface area contributed by atoms with Crippen LogP contribution in [0.25, 0.3) is 0 Å². The minimum absolute atomic E-state index is 0.146. The van der Waals surface area contributed by atoms with Crippen LogP contribution >= 0.6 is 0 Å². The van der Waals surface area contributed by atoms with Gasteiger partial charge in [-0.1, -0.05) is 24.3 Å². The van der Waals surface area contributed by atoms with Crippen molar-refractivity contribution in [2.75, 3.05) is 25.1 Å². The highest BCUT2D eigenvalue weighted by molar-refractivity contribution is 5.63. The molecule has 1 atom stereocenters. The Balaban J connectivity index is 2.17. The maximum atomic E-state index is 9.68. The Morgan fingerprint density at radius 1 is 1.15 bits per heavy atom. The largest absolute Gasteiger partial charge is 0.496 e. The van der Waals surface area contributed by atoms with E-state index in [9.17, 15) is 5.26 Å². The molecule has 0 fully saturated rings. The quantitative estimate of drug-likeness (QED) is 0.890. The molecule has 1 heterocycles. The lowest BCUT2D eigenvalue weighted by atomic mass is 9.83. The molecule has 2 aromatic carbocycles. The first-order valence-electron chi connectivity index (χ1n) is 8.73. The van der Waals surface area contributed by atoms with Gasteiger partial charge in [0.2, 0.25) is 5.88 Å². The molecule has 1 aliphatic heterocycles. The number of allylic oxidation sites excluding steroid dienone is 1. The SMILES string of the molecule is CCN(CC)c1ccc2c(c1)OC(N)=C(C#N)[C@@H]2c1ccccc1OC. The second kappa shape index (κ2) is 7.40. The van der Waals surface area contributed by atoms with Gasteiger partial charge in [0, 0.05) is 36.0 Å². The van der Waals surface area contributed by atoms with Gasteiger partial charge < -0.3 is 20.1 Å². The first kappa shape index (κ1) is 17.7. The fourth-order valence-electron chi connectivity index (χ4n) is 3.45. The predicted octanol–water partition coefficient (Wildman–Crippen LogP) is 3.76. The molecule has 134 valence electrons. The highest BCUT2D eigenvalue weighted by Gasteiger charge is 2.32. The van der Waals surface area contributed by atoms with Crippen LogP contribution in [0.4, 0.5) is 5.69 Å². The number of nitriles is 1. The van der Waals surface area contributed by atoms with Crippen molar-refractivity contribution < 1.29 is 9.47 Å². The summed E-state index contributed by atoms with van der Waals surface area (Å²) >= 11 is 0. The summed E-state index contributed by atoms with van der Waals surface area (Å²) in [5.74, 6) is 1.23. The van der Waals surface area contributed by atoms with Crippen molar-refractivity contribution in [2.24, 2.45) is 5.73 Å². The number of hydrogen-bond donors (Lipinski definition) is 1. The molecule has 0 aromatic heterocycles. The minimum atomic E-state index is -0.314. The molecule has 0 spiro atoms. The van der Waals surface area contributed by atoms with E-state index in [2.05, 4.69) is 30.9 Å². The van der Waals surface area contributed by atoms with E-state index in [0.29, 0.717) is 11.3 Å². The maximum absolute atomic E-state index is 9.68. The number of hydrogen-bond acceptors (Lipinski definition) is 5. The number of anilines is 1. The van der Waals surface area contributed by atoms with Gasteiger partial charge in [0.05, 0.1) is 13.0 Å². The molecule has 0 amide bonds. The zero-order valence-corrected chi connectivity index (χ0v) is 15.3. The Kier molecular flexibility index (Phi) is 5.04. The maximum Gasteiger partial charge on any atom is 0.205 e. The van der Waals surface area contributed by atoms with Crippen LogP contribution in [0.5, 0.6) is 11.5 Å². The van der Waals surface area contributed by atoms with Crippen LogP contribution in [0, 0.1) is 11.3 Å². The van der Waals surface area contributed by atoms with E-state index in [1.807, 2.05) is 36.4 Å². The van der Waals surface area contributed by atoms with Crippen molar-refractivity contribution in [3.05, 3.63) is 65.0 Å². The number of rotatable bonds is 5. The molecule has 0 unspecified atom stereocenters. The van der Waals surface area contributed by atoms with Crippen LogP contribution in [-0.4, -0.2) is 20.2 Å². The summed E-state index contributed by atoms with van der Waals surface area (Å²) in [5.41, 5.74) is 9.38. The molecule has 0 aliphatic carbocycles. The van der Waals surface area contributed by atoms with Gasteiger partial charge in [-0.3, -0.25) is 0 Å². The predicted molar refractivity (Wildman–Crippen MR) is 102 cm³/mol. The zero-order chi connectivity index (χ0) is 18.7. The summed E-state index contributed by atoms with van der Waals surface area (Å²) in [7, 11) is 1.63. The van der Waals surface area contributed by atoms with Crippen molar-refractivity contribution in [3.8, 4) is 17.6 Å². The van der Waals surface area contributed by atoms with Gasteiger partial charge >= 0.3 is 0 Å². The Labute approximate surface area is 154 Å². The summed E-state index contributed by atoms with van der Waals surface area (Å²) < 4.78 is 11.3. The van der Waals surface area contributed by atoms with Crippen LogP contribution in [0.15, 0.2) is 53.9 Å². The third kappa shape index (κ3) is 2.95. The smallest absolute Gasteiger partial charge is 0.205 e. The second-order valence-electron chi connectivity index (χ2n) is 6.06. The van der Waals surface area contributed by atoms with Gasteiger partial charge in [-0.05, 0) is 26.0 Å². The Morgan fingerprint density at radius 2 is 1.88 bits per heavy atom. The van der Waals surface area contributed by atoms with Crippen LogP contribution in [0.3, 0.4) is 0 Å². The topological polar surface area (TPSA) is 71.5 Å². The Morgan fingerprint density at radius 3 is 2.54 bits per heavy atom. The summed E-state index contributed by atoms with van der Waals surface area (Å²) in [6, 6.07) is 16.0. The average molecular weight is 349 g/mol.